The Balaban J connectivity index is 1.94. The summed E-state index contributed by atoms with van der Waals surface area (Å²) in [5, 5.41) is 1.05. The molecule has 0 atom stereocenters. The maximum atomic E-state index is 11.4. The average Bonchev–Trinajstić information content (AvgIpc) is 3.03. The quantitative estimate of drug-likeness (QED) is 0.792. The number of hydrogen-bond acceptors (Lipinski definition) is 4. The summed E-state index contributed by atoms with van der Waals surface area (Å²) in [6, 6.07) is 6.68. The third-order valence-corrected chi connectivity index (χ3v) is 4.94. The highest BCUT2D eigenvalue weighted by atomic mass is 32.2. The lowest BCUT2D eigenvalue weighted by atomic mass is 10.2. The summed E-state index contributed by atoms with van der Waals surface area (Å²) in [4.78, 5) is 17.3. The number of ketones is 1. The lowest BCUT2D eigenvalue weighted by Gasteiger charge is -2.22. The molecular weight excluding hydrogens is 268 g/mol. The van der Waals surface area contributed by atoms with E-state index in [9.17, 15) is 4.79 Å². The van der Waals surface area contributed by atoms with Crippen molar-refractivity contribution in [3.05, 3.63) is 29.3 Å². The van der Waals surface area contributed by atoms with E-state index in [-0.39, 0.29) is 5.78 Å². The van der Waals surface area contributed by atoms with E-state index in [1.807, 2.05) is 0 Å². The van der Waals surface area contributed by atoms with Crippen molar-refractivity contribution in [2.75, 3.05) is 29.4 Å². The minimum Gasteiger partial charge on any atom is -0.371 e. The van der Waals surface area contributed by atoms with Gasteiger partial charge in [0.15, 0.2) is 5.78 Å². The van der Waals surface area contributed by atoms with E-state index in [1.165, 1.54) is 29.1 Å². The highest BCUT2D eigenvalue weighted by Gasteiger charge is 2.25. The Hall–Kier alpha value is -1.42. The standard InChI is InChI=1S/C16H20N2OS/c1-3-18-14-11-13(17-8-4-5-9-17)6-7-15(14)20-16(18)10-12(2)19/h6-7,10-11H,3-5,8-9H2,1-2H3/b16-10-. The van der Waals surface area contributed by atoms with Crippen LogP contribution >= 0.6 is 11.8 Å². The predicted octanol–water partition coefficient (Wildman–Crippen LogP) is 3.65. The van der Waals surface area contributed by atoms with Crippen LogP contribution in [0.3, 0.4) is 0 Å². The first-order valence-electron chi connectivity index (χ1n) is 7.25. The van der Waals surface area contributed by atoms with Crippen molar-refractivity contribution in [2.45, 2.75) is 31.6 Å². The molecule has 4 heteroatoms. The molecule has 2 aliphatic heterocycles. The van der Waals surface area contributed by atoms with Gasteiger partial charge in [-0.15, -0.1) is 0 Å². The number of thioether (sulfide) groups is 1. The van der Waals surface area contributed by atoms with Crippen LogP contribution in [0, 0.1) is 0 Å². The Kier molecular flexibility index (Phi) is 3.74. The summed E-state index contributed by atoms with van der Waals surface area (Å²) in [6.07, 6.45) is 4.32. The van der Waals surface area contributed by atoms with E-state index >= 15 is 0 Å². The first-order valence-corrected chi connectivity index (χ1v) is 8.07. The van der Waals surface area contributed by atoms with E-state index in [2.05, 4.69) is 34.9 Å². The topological polar surface area (TPSA) is 23.6 Å². The predicted molar refractivity (Wildman–Crippen MR) is 85.5 cm³/mol. The van der Waals surface area contributed by atoms with Crippen LogP contribution in [-0.4, -0.2) is 25.4 Å². The van der Waals surface area contributed by atoms with Gasteiger partial charge in [0.05, 0.1) is 10.7 Å². The van der Waals surface area contributed by atoms with Gasteiger partial charge in [-0.1, -0.05) is 11.8 Å². The molecule has 3 nitrogen and oxygen atoms in total. The average molecular weight is 288 g/mol. The Morgan fingerprint density at radius 3 is 2.75 bits per heavy atom. The van der Waals surface area contributed by atoms with Crippen molar-refractivity contribution in [2.24, 2.45) is 0 Å². The molecule has 3 rings (SSSR count). The summed E-state index contributed by atoms with van der Waals surface area (Å²) < 4.78 is 0. The minimum absolute atomic E-state index is 0.110. The molecule has 2 heterocycles. The summed E-state index contributed by atoms with van der Waals surface area (Å²) in [5.74, 6) is 0.110. The Bertz CT molecular complexity index is 562. The number of benzene rings is 1. The van der Waals surface area contributed by atoms with E-state index in [4.69, 9.17) is 0 Å². The summed E-state index contributed by atoms with van der Waals surface area (Å²) in [5.41, 5.74) is 2.55. The molecule has 0 amide bonds. The smallest absolute Gasteiger partial charge is 0.155 e. The number of allylic oxidation sites excluding steroid dienone is 1. The summed E-state index contributed by atoms with van der Waals surface area (Å²) in [7, 11) is 0. The molecule has 0 N–H and O–H groups in total. The van der Waals surface area contributed by atoms with Crippen molar-refractivity contribution >= 4 is 28.9 Å². The molecule has 0 radical (unpaired) electrons. The van der Waals surface area contributed by atoms with Crippen LogP contribution in [0.1, 0.15) is 26.7 Å². The zero-order valence-corrected chi connectivity index (χ0v) is 12.9. The fourth-order valence-corrected chi connectivity index (χ4v) is 4.07. The van der Waals surface area contributed by atoms with Crippen LogP contribution in [0.2, 0.25) is 0 Å². The Labute approximate surface area is 124 Å². The fourth-order valence-electron chi connectivity index (χ4n) is 2.87. The number of carbonyl (C=O) groups is 1. The minimum atomic E-state index is 0.110. The number of hydrogen-bond donors (Lipinski definition) is 0. The summed E-state index contributed by atoms with van der Waals surface area (Å²) >= 11 is 1.70. The van der Waals surface area contributed by atoms with Crippen LogP contribution in [0.5, 0.6) is 0 Å². The van der Waals surface area contributed by atoms with Gasteiger partial charge >= 0.3 is 0 Å². The maximum absolute atomic E-state index is 11.4. The molecule has 1 saturated heterocycles. The number of anilines is 2. The number of rotatable bonds is 3. The van der Waals surface area contributed by atoms with E-state index in [0.29, 0.717) is 0 Å². The van der Waals surface area contributed by atoms with Gasteiger partial charge in [-0.05, 0) is 44.9 Å². The fraction of sp³-hybridized carbons (Fsp3) is 0.438. The van der Waals surface area contributed by atoms with E-state index < -0.39 is 0 Å². The molecule has 0 aliphatic carbocycles. The molecule has 0 unspecified atom stereocenters. The maximum Gasteiger partial charge on any atom is 0.155 e. The molecule has 1 aromatic carbocycles. The van der Waals surface area contributed by atoms with Crippen molar-refractivity contribution in [1.82, 2.24) is 0 Å². The van der Waals surface area contributed by atoms with Crippen LogP contribution in [0.4, 0.5) is 11.4 Å². The SMILES string of the molecule is CCN1/C(=C/C(C)=O)Sc2ccc(N3CCCC3)cc21. The monoisotopic (exact) mass is 288 g/mol. The molecule has 0 aromatic heterocycles. The van der Waals surface area contributed by atoms with E-state index in [0.717, 1.165) is 24.7 Å². The normalized spacial score (nSPS) is 19.8. The molecule has 1 fully saturated rings. The second kappa shape index (κ2) is 5.52. The van der Waals surface area contributed by atoms with Gasteiger partial charge in [-0.25, -0.2) is 0 Å². The molecule has 2 aliphatic rings. The van der Waals surface area contributed by atoms with Crippen molar-refractivity contribution in [3.63, 3.8) is 0 Å². The van der Waals surface area contributed by atoms with Crippen LogP contribution < -0.4 is 9.80 Å². The molecule has 0 spiro atoms. The van der Waals surface area contributed by atoms with Gasteiger partial charge < -0.3 is 9.80 Å². The molecular formula is C16H20N2OS. The lowest BCUT2D eigenvalue weighted by Crippen LogP contribution is -2.20. The number of carbonyl (C=O) groups excluding carboxylic acids is 1. The molecule has 20 heavy (non-hydrogen) atoms. The van der Waals surface area contributed by atoms with Gasteiger partial charge in [0.2, 0.25) is 0 Å². The first-order chi connectivity index (χ1) is 9.69. The zero-order valence-electron chi connectivity index (χ0n) is 12.1. The number of fused-ring (bicyclic) bond motifs is 1. The van der Waals surface area contributed by atoms with Gasteiger partial charge in [-0.3, -0.25) is 4.79 Å². The zero-order chi connectivity index (χ0) is 14.1. The van der Waals surface area contributed by atoms with Gasteiger partial charge in [-0.2, -0.15) is 0 Å². The molecule has 0 bridgehead atoms. The van der Waals surface area contributed by atoms with Gasteiger partial charge in [0.1, 0.15) is 0 Å². The van der Waals surface area contributed by atoms with E-state index in [1.54, 1.807) is 24.8 Å². The van der Waals surface area contributed by atoms with Crippen molar-refractivity contribution in [3.8, 4) is 0 Å². The summed E-state index contributed by atoms with van der Waals surface area (Å²) in [6.45, 7) is 6.96. The second-order valence-electron chi connectivity index (χ2n) is 5.29. The van der Waals surface area contributed by atoms with Crippen LogP contribution in [0.25, 0.3) is 0 Å². The Morgan fingerprint density at radius 1 is 1.35 bits per heavy atom. The van der Waals surface area contributed by atoms with Gasteiger partial charge in [0.25, 0.3) is 0 Å². The third kappa shape index (κ3) is 2.44. The van der Waals surface area contributed by atoms with Crippen LogP contribution in [0.15, 0.2) is 34.2 Å². The largest absolute Gasteiger partial charge is 0.371 e. The number of nitrogens with zero attached hydrogens (tertiary/aromatic N) is 2. The van der Waals surface area contributed by atoms with Crippen molar-refractivity contribution < 1.29 is 4.79 Å². The first kappa shape index (κ1) is 13.6. The highest BCUT2D eigenvalue weighted by molar-refractivity contribution is 8.03. The third-order valence-electron chi connectivity index (χ3n) is 3.83. The molecule has 0 saturated carbocycles. The van der Waals surface area contributed by atoms with Crippen LogP contribution in [-0.2, 0) is 4.79 Å². The highest BCUT2D eigenvalue weighted by Crippen LogP contribution is 2.47. The van der Waals surface area contributed by atoms with Gasteiger partial charge in [0, 0.05) is 36.3 Å². The molecule has 106 valence electrons. The molecule has 1 aromatic rings. The second-order valence-corrected chi connectivity index (χ2v) is 6.35. The Morgan fingerprint density at radius 2 is 2.10 bits per heavy atom. The lowest BCUT2D eigenvalue weighted by molar-refractivity contribution is -0.112. The van der Waals surface area contributed by atoms with Crippen molar-refractivity contribution in [1.29, 1.82) is 0 Å².